The molecule has 2 saturated heterocycles. The van der Waals surface area contributed by atoms with E-state index in [9.17, 15) is 4.79 Å². The van der Waals surface area contributed by atoms with E-state index in [2.05, 4.69) is 10.2 Å². The topological polar surface area (TPSA) is 63.9 Å². The number of fused-ring (bicyclic) bond motifs is 2. The molecular weight excluding hydrogens is 320 g/mol. The number of methoxy groups -OCH3 is 1. The van der Waals surface area contributed by atoms with Gasteiger partial charge in [0.25, 0.3) is 17.8 Å². The third-order valence-corrected chi connectivity index (χ3v) is 4.89. The lowest BCUT2D eigenvalue weighted by Crippen LogP contribution is -2.46. The van der Waals surface area contributed by atoms with Crippen molar-refractivity contribution in [3.05, 3.63) is 42.0 Å². The highest BCUT2D eigenvalue weighted by Crippen LogP contribution is 2.28. The summed E-state index contributed by atoms with van der Waals surface area (Å²) in [5.74, 6) is 2.05. The summed E-state index contributed by atoms with van der Waals surface area (Å²) in [5.41, 5.74) is 0.636. The highest BCUT2D eigenvalue weighted by atomic mass is 16.6. The first kappa shape index (κ1) is 16.0. The molecule has 4 rings (SSSR count). The Morgan fingerprint density at radius 1 is 1.16 bits per heavy atom. The van der Waals surface area contributed by atoms with Gasteiger partial charge in [0.15, 0.2) is 0 Å². The Balaban J connectivity index is 1.35. The second kappa shape index (κ2) is 6.80. The summed E-state index contributed by atoms with van der Waals surface area (Å²) < 4.78 is 15.9. The van der Waals surface area contributed by atoms with Crippen LogP contribution in [0.5, 0.6) is 17.6 Å². The van der Waals surface area contributed by atoms with Crippen molar-refractivity contribution in [1.29, 1.82) is 0 Å². The van der Waals surface area contributed by atoms with Gasteiger partial charge in [0.2, 0.25) is 0 Å². The van der Waals surface area contributed by atoms with Crippen molar-refractivity contribution in [3.8, 4) is 17.6 Å². The molecule has 132 valence electrons. The summed E-state index contributed by atoms with van der Waals surface area (Å²) in [5, 5.41) is 3.16. The second-order valence-corrected chi connectivity index (χ2v) is 6.72. The van der Waals surface area contributed by atoms with E-state index in [0.717, 1.165) is 18.9 Å². The second-order valence-electron chi connectivity index (χ2n) is 6.72. The fourth-order valence-corrected chi connectivity index (χ4v) is 3.69. The Morgan fingerprint density at radius 3 is 2.68 bits per heavy atom. The molecule has 1 unspecified atom stereocenters. The Morgan fingerprint density at radius 2 is 1.96 bits per heavy atom. The number of rotatable bonds is 5. The third-order valence-electron chi connectivity index (χ3n) is 4.89. The molecule has 1 aromatic carbocycles. The number of nitrogens with zero attached hydrogens (tertiary/aromatic N) is 1. The van der Waals surface area contributed by atoms with Crippen molar-refractivity contribution in [2.24, 2.45) is 5.92 Å². The molecule has 0 radical (unpaired) electrons. The molecule has 1 N–H and O–H groups in total. The van der Waals surface area contributed by atoms with Crippen LogP contribution in [-0.2, 0) is 0 Å². The molecule has 2 aliphatic rings. The first-order valence-corrected chi connectivity index (χ1v) is 8.64. The molecule has 0 aliphatic carbocycles. The van der Waals surface area contributed by atoms with E-state index >= 15 is 0 Å². The van der Waals surface area contributed by atoms with E-state index in [0.29, 0.717) is 23.2 Å². The normalized spacial score (nSPS) is 24.8. The number of furan rings is 1. The van der Waals surface area contributed by atoms with Gasteiger partial charge in [-0.15, -0.1) is 0 Å². The minimum atomic E-state index is -0.0290. The Labute approximate surface area is 146 Å². The van der Waals surface area contributed by atoms with Gasteiger partial charge in [-0.05, 0) is 49.6 Å². The number of amides is 1. The van der Waals surface area contributed by atoms with Crippen molar-refractivity contribution in [2.75, 3.05) is 26.7 Å². The molecule has 2 bridgehead atoms. The van der Waals surface area contributed by atoms with E-state index in [-0.39, 0.29) is 11.9 Å². The van der Waals surface area contributed by atoms with Gasteiger partial charge in [0.1, 0.15) is 5.75 Å². The van der Waals surface area contributed by atoms with Crippen LogP contribution in [0, 0.1) is 5.92 Å². The first-order valence-electron chi connectivity index (χ1n) is 8.64. The molecule has 3 heterocycles. The van der Waals surface area contributed by atoms with Crippen molar-refractivity contribution >= 4 is 5.91 Å². The fourth-order valence-electron chi connectivity index (χ4n) is 3.69. The molecule has 2 aromatic rings. The average molecular weight is 342 g/mol. The lowest BCUT2D eigenvalue weighted by molar-refractivity contribution is 0.0909. The van der Waals surface area contributed by atoms with Crippen LogP contribution in [-0.4, -0.2) is 43.6 Å². The van der Waals surface area contributed by atoms with E-state index in [4.69, 9.17) is 13.9 Å². The number of hydrogen-bond acceptors (Lipinski definition) is 5. The zero-order valence-corrected chi connectivity index (χ0v) is 14.2. The number of piperidine rings is 1. The summed E-state index contributed by atoms with van der Waals surface area (Å²) in [7, 11) is 1.53. The lowest BCUT2D eigenvalue weighted by Gasteiger charge is -2.30. The largest absolute Gasteiger partial charge is 0.468 e. The quantitative estimate of drug-likeness (QED) is 0.905. The predicted octanol–water partition coefficient (Wildman–Crippen LogP) is 2.90. The van der Waals surface area contributed by atoms with Crippen LogP contribution in [0.1, 0.15) is 23.2 Å². The smallest absolute Gasteiger partial charge is 0.292 e. The van der Waals surface area contributed by atoms with Gasteiger partial charge < -0.3 is 24.1 Å². The van der Waals surface area contributed by atoms with Crippen molar-refractivity contribution in [2.45, 2.75) is 18.9 Å². The molecule has 1 aromatic heterocycles. The number of carbonyl (C=O) groups is 1. The number of carbonyl (C=O) groups excluding carboxylic acids is 1. The minimum Gasteiger partial charge on any atom is -0.468 e. The maximum atomic E-state index is 12.5. The van der Waals surface area contributed by atoms with Gasteiger partial charge in [-0.25, -0.2) is 0 Å². The number of hydrogen-bond donors (Lipinski definition) is 1. The third kappa shape index (κ3) is 3.64. The number of benzene rings is 1. The van der Waals surface area contributed by atoms with Crippen LogP contribution in [0.2, 0.25) is 0 Å². The van der Waals surface area contributed by atoms with E-state index in [1.807, 2.05) is 0 Å². The molecular formula is C19H22N2O4. The van der Waals surface area contributed by atoms with Gasteiger partial charge in [0, 0.05) is 36.8 Å². The monoisotopic (exact) mass is 342 g/mol. The standard InChI is InChI=1S/C19H22N2O4/c1-23-17-6-7-18(25-17)24-16-4-2-14(3-5-16)19(22)20-15-10-13-8-9-21(11-13)12-15/h2-7,13,15H,8-12H2,1H3,(H,20,22)/t13-,15+/m0/s1. The Kier molecular flexibility index (Phi) is 4.36. The molecule has 25 heavy (non-hydrogen) atoms. The maximum absolute atomic E-state index is 12.5. The fraction of sp³-hybridized carbons (Fsp3) is 0.421. The summed E-state index contributed by atoms with van der Waals surface area (Å²) in [4.78, 5) is 14.9. The summed E-state index contributed by atoms with van der Waals surface area (Å²) in [6.07, 6.45) is 2.35. The maximum Gasteiger partial charge on any atom is 0.292 e. The Bertz CT molecular complexity index is 728. The SMILES string of the molecule is COc1ccc(Oc2ccc(C(=O)N[C@@H]3C[C@@H]4CCN(C4)C3)cc2)o1. The highest BCUT2D eigenvalue weighted by Gasteiger charge is 2.32. The predicted molar refractivity (Wildman–Crippen MR) is 92.2 cm³/mol. The average Bonchev–Trinajstić information content (AvgIpc) is 3.21. The van der Waals surface area contributed by atoms with Crippen LogP contribution in [0.25, 0.3) is 0 Å². The van der Waals surface area contributed by atoms with E-state index < -0.39 is 0 Å². The highest BCUT2D eigenvalue weighted by molar-refractivity contribution is 5.94. The minimum absolute atomic E-state index is 0.0290. The first-order chi connectivity index (χ1) is 12.2. The van der Waals surface area contributed by atoms with Gasteiger partial charge in [-0.1, -0.05) is 0 Å². The molecule has 3 atom stereocenters. The lowest BCUT2D eigenvalue weighted by atomic mass is 9.96. The van der Waals surface area contributed by atoms with Crippen LogP contribution >= 0.6 is 0 Å². The van der Waals surface area contributed by atoms with Crippen LogP contribution < -0.4 is 14.8 Å². The number of nitrogens with one attached hydrogen (secondary N) is 1. The molecule has 6 nitrogen and oxygen atoms in total. The van der Waals surface area contributed by atoms with E-state index in [1.54, 1.807) is 36.4 Å². The van der Waals surface area contributed by atoms with Gasteiger partial charge >= 0.3 is 0 Å². The molecule has 0 saturated carbocycles. The summed E-state index contributed by atoms with van der Waals surface area (Å²) in [6.45, 7) is 3.32. The van der Waals surface area contributed by atoms with Crippen LogP contribution in [0.15, 0.2) is 40.8 Å². The molecule has 6 heteroatoms. The van der Waals surface area contributed by atoms with E-state index in [1.165, 1.54) is 26.6 Å². The zero-order valence-electron chi connectivity index (χ0n) is 14.2. The van der Waals surface area contributed by atoms with Crippen LogP contribution in [0.3, 0.4) is 0 Å². The summed E-state index contributed by atoms with van der Waals surface area (Å²) >= 11 is 0. The molecule has 1 amide bonds. The molecule has 0 spiro atoms. The number of ether oxygens (including phenoxy) is 2. The van der Waals surface area contributed by atoms with Gasteiger partial charge in [-0.2, -0.15) is 0 Å². The van der Waals surface area contributed by atoms with Crippen molar-refractivity contribution in [3.63, 3.8) is 0 Å². The summed E-state index contributed by atoms with van der Waals surface area (Å²) in [6, 6.07) is 10.7. The Hall–Kier alpha value is -2.47. The van der Waals surface area contributed by atoms with Crippen molar-refractivity contribution in [1.82, 2.24) is 10.2 Å². The molecule has 2 fully saturated rings. The zero-order chi connectivity index (χ0) is 17.2. The van der Waals surface area contributed by atoms with Gasteiger partial charge in [-0.3, -0.25) is 4.79 Å². The van der Waals surface area contributed by atoms with Crippen molar-refractivity contribution < 1.29 is 18.7 Å². The van der Waals surface area contributed by atoms with Gasteiger partial charge in [0.05, 0.1) is 7.11 Å². The van der Waals surface area contributed by atoms with Crippen LogP contribution in [0.4, 0.5) is 0 Å². The molecule has 2 aliphatic heterocycles.